The molecule has 0 spiro atoms. The fraction of sp³-hybridized carbons (Fsp3) is 0.385. The van der Waals surface area contributed by atoms with Crippen molar-refractivity contribution in [3.8, 4) is 5.75 Å². The maximum atomic E-state index is 13.0. The first-order chi connectivity index (χ1) is 15.7. The van der Waals surface area contributed by atoms with Crippen molar-refractivity contribution in [1.82, 2.24) is 10.2 Å². The summed E-state index contributed by atoms with van der Waals surface area (Å²) < 4.78 is 15.8. The standard InChI is InChI=1S/C26H32N2O5/c1-26(2)14-19-10-11-20(31-4)13-21(19)24(27-26)22(16-29)17-8-7-9-18(12-17)25(30)28(3)15-23(32-5)33-6/h7-13,16,23,27H,14-15H2,1-6H3/b24-22+. The number of nitrogens with zero attached hydrogens (tertiary/aromatic N) is 1. The third kappa shape index (κ3) is 5.43. The minimum Gasteiger partial charge on any atom is -0.497 e. The molecule has 0 radical (unpaired) electrons. The highest BCUT2D eigenvalue weighted by Crippen LogP contribution is 2.36. The average molecular weight is 453 g/mol. The number of likely N-dealkylation sites (N-methyl/N-ethyl adjacent to an activating group) is 1. The molecule has 0 unspecified atom stereocenters. The lowest BCUT2D eigenvalue weighted by Gasteiger charge is -2.36. The quantitative estimate of drug-likeness (QED) is 0.376. The largest absolute Gasteiger partial charge is 0.497 e. The maximum absolute atomic E-state index is 13.0. The van der Waals surface area contributed by atoms with Crippen LogP contribution in [0, 0.1) is 0 Å². The number of carbonyl (C=O) groups is 2. The average Bonchev–Trinajstić information content (AvgIpc) is 2.81. The zero-order valence-corrected chi connectivity index (χ0v) is 20.1. The van der Waals surface area contributed by atoms with E-state index in [1.807, 2.05) is 24.3 Å². The van der Waals surface area contributed by atoms with Crippen molar-refractivity contribution in [3.05, 3.63) is 64.7 Å². The molecule has 2 aromatic carbocycles. The second-order valence-corrected chi connectivity index (χ2v) is 8.78. The molecule has 1 aliphatic rings. The Labute approximate surface area is 195 Å². The molecule has 1 aliphatic heterocycles. The highest BCUT2D eigenvalue weighted by molar-refractivity contribution is 6.17. The molecule has 1 N–H and O–H groups in total. The monoisotopic (exact) mass is 452 g/mol. The van der Waals surface area contributed by atoms with E-state index in [1.165, 1.54) is 19.1 Å². The Morgan fingerprint density at radius 1 is 1.12 bits per heavy atom. The van der Waals surface area contributed by atoms with Crippen LogP contribution >= 0.6 is 0 Å². The van der Waals surface area contributed by atoms with Gasteiger partial charge in [0, 0.05) is 43.5 Å². The molecule has 0 aromatic heterocycles. The second-order valence-electron chi connectivity index (χ2n) is 8.78. The number of carbonyl (C=O) groups excluding carboxylic acids is 2. The second kappa shape index (κ2) is 10.2. The Kier molecular flexibility index (Phi) is 7.56. The van der Waals surface area contributed by atoms with Gasteiger partial charge in [-0.1, -0.05) is 18.2 Å². The molecule has 3 rings (SSSR count). The Hall–Kier alpha value is -3.16. The summed E-state index contributed by atoms with van der Waals surface area (Å²) in [6, 6.07) is 13.0. The van der Waals surface area contributed by atoms with Gasteiger partial charge in [0.15, 0.2) is 12.6 Å². The van der Waals surface area contributed by atoms with Crippen LogP contribution in [0.3, 0.4) is 0 Å². The van der Waals surface area contributed by atoms with Crippen molar-refractivity contribution in [2.24, 2.45) is 0 Å². The third-order valence-corrected chi connectivity index (χ3v) is 5.79. The van der Waals surface area contributed by atoms with Crippen molar-refractivity contribution in [2.75, 3.05) is 34.9 Å². The van der Waals surface area contributed by atoms with Crippen LogP contribution in [0.25, 0.3) is 11.3 Å². The highest BCUT2D eigenvalue weighted by Gasteiger charge is 2.30. The number of benzene rings is 2. The van der Waals surface area contributed by atoms with Crippen molar-refractivity contribution < 1.29 is 23.8 Å². The van der Waals surface area contributed by atoms with Gasteiger partial charge in [-0.2, -0.15) is 0 Å². The van der Waals surface area contributed by atoms with Crippen LogP contribution in [-0.4, -0.2) is 63.8 Å². The summed E-state index contributed by atoms with van der Waals surface area (Å²) in [5, 5.41) is 3.53. The number of rotatable bonds is 8. The van der Waals surface area contributed by atoms with Gasteiger partial charge in [0.1, 0.15) is 5.75 Å². The number of methoxy groups -OCH3 is 3. The van der Waals surface area contributed by atoms with Gasteiger partial charge < -0.3 is 24.4 Å². The number of nitrogens with one attached hydrogen (secondary N) is 1. The van der Waals surface area contributed by atoms with Crippen molar-refractivity contribution >= 4 is 23.5 Å². The molecule has 0 fully saturated rings. The summed E-state index contributed by atoms with van der Waals surface area (Å²) in [4.78, 5) is 26.9. The first-order valence-corrected chi connectivity index (χ1v) is 10.8. The summed E-state index contributed by atoms with van der Waals surface area (Å²) >= 11 is 0. The van der Waals surface area contributed by atoms with Crippen molar-refractivity contribution in [2.45, 2.75) is 32.1 Å². The molecule has 7 nitrogen and oxygen atoms in total. The number of hydrogen-bond donors (Lipinski definition) is 1. The van der Waals surface area contributed by atoms with Crippen molar-refractivity contribution in [3.63, 3.8) is 0 Å². The SMILES string of the molecule is COc1ccc2c(c1)/C(=C(/C=O)c1cccc(C(=O)N(C)CC(OC)OC)c1)NC(C)(C)C2. The first-order valence-electron chi connectivity index (χ1n) is 10.8. The van der Waals surface area contributed by atoms with Gasteiger partial charge in [0.25, 0.3) is 5.91 Å². The zero-order valence-electron chi connectivity index (χ0n) is 20.1. The van der Waals surface area contributed by atoms with Crippen LogP contribution in [0.2, 0.25) is 0 Å². The summed E-state index contributed by atoms with van der Waals surface area (Å²) in [6.45, 7) is 4.47. The van der Waals surface area contributed by atoms with Gasteiger partial charge in [0.2, 0.25) is 0 Å². The summed E-state index contributed by atoms with van der Waals surface area (Å²) in [5.74, 6) is 0.527. The molecule has 0 aliphatic carbocycles. The van der Waals surface area contributed by atoms with Gasteiger partial charge >= 0.3 is 0 Å². The minimum absolute atomic E-state index is 0.190. The van der Waals surface area contributed by atoms with Crippen LogP contribution in [0.4, 0.5) is 0 Å². The lowest BCUT2D eigenvalue weighted by Crippen LogP contribution is -2.44. The van der Waals surface area contributed by atoms with E-state index >= 15 is 0 Å². The molecule has 1 amide bonds. The summed E-state index contributed by atoms with van der Waals surface area (Å²) in [7, 11) is 6.37. The smallest absolute Gasteiger partial charge is 0.253 e. The number of allylic oxidation sites excluding steroid dienone is 1. The van der Waals surface area contributed by atoms with E-state index < -0.39 is 6.29 Å². The molecule has 1 heterocycles. The van der Waals surface area contributed by atoms with Crippen LogP contribution in [-0.2, 0) is 20.7 Å². The van der Waals surface area contributed by atoms with E-state index in [4.69, 9.17) is 14.2 Å². The van der Waals surface area contributed by atoms with E-state index in [-0.39, 0.29) is 18.0 Å². The number of hydrogen-bond acceptors (Lipinski definition) is 6. The predicted molar refractivity (Wildman–Crippen MR) is 128 cm³/mol. The van der Waals surface area contributed by atoms with Crippen LogP contribution in [0.1, 0.15) is 40.9 Å². The highest BCUT2D eigenvalue weighted by atomic mass is 16.7. The fourth-order valence-corrected chi connectivity index (χ4v) is 4.07. The Balaban J connectivity index is 2.05. The molecule has 0 atom stereocenters. The van der Waals surface area contributed by atoms with Gasteiger partial charge in [-0.3, -0.25) is 9.59 Å². The molecule has 0 saturated heterocycles. The van der Waals surface area contributed by atoms with E-state index in [0.717, 1.165) is 35.3 Å². The van der Waals surface area contributed by atoms with Crippen LogP contribution < -0.4 is 10.1 Å². The maximum Gasteiger partial charge on any atom is 0.253 e. The minimum atomic E-state index is -0.519. The number of fused-ring (bicyclic) bond motifs is 1. The van der Waals surface area contributed by atoms with E-state index in [1.54, 1.807) is 32.4 Å². The first kappa shape index (κ1) is 24.5. The molecule has 176 valence electrons. The predicted octanol–water partition coefficient (Wildman–Crippen LogP) is 3.38. The zero-order chi connectivity index (χ0) is 24.2. The number of amides is 1. The molecule has 7 heteroatoms. The van der Waals surface area contributed by atoms with E-state index in [0.29, 0.717) is 16.7 Å². The molecule has 0 bridgehead atoms. The van der Waals surface area contributed by atoms with Crippen LogP contribution in [0.5, 0.6) is 5.75 Å². The van der Waals surface area contributed by atoms with Gasteiger partial charge in [-0.05, 0) is 55.7 Å². The normalized spacial score (nSPS) is 16.0. The molecular weight excluding hydrogens is 420 g/mol. The van der Waals surface area contributed by atoms with E-state index in [9.17, 15) is 9.59 Å². The van der Waals surface area contributed by atoms with Gasteiger partial charge in [-0.15, -0.1) is 0 Å². The fourth-order valence-electron chi connectivity index (χ4n) is 4.07. The Morgan fingerprint density at radius 2 is 1.82 bits per heavy atom. The lowest BCUT2D eigenvalue weighted by atomic mass is 9.83. The topological polar surface area (TPSA) is 77.1 Å². The van der Waals surface area contributed by atoms with E-state index in [2.05, 4.69) is 19.2 Å². The lowest BCUT2D eigenvalue weighted by molar-refractivity contribution is -0.110. The number of aldehydes is 1. The van der Waals surface area contributed by atoms with Gasteiger partial charge in [-0.25, -0.2) is 0 Å². The van der Waals surface area contributed by atoms with Crippen LogP contribution in [0.15, 0.2) is 42.5 Å². The molecule has 33 heavy (non-hydrogen) atoms. The third-order valence-electron chi connectivity index (χ3n) is 5.79. The number of ether oxygens (including phenoxy) is 3. The summed E-state index contributed by atoms with van der Waals surface area (Å²) in [5.41, 5.74) is 4.16. The summed E-state index contributed by atoms with van der Waals surface area (Å²) in [6.07, 6.45) is 1.13. The van der Waals surface area contributed by atoms with Gasteiger partial charge in [0.05, 0.1) is 19.4 Å². The Bertz CT molecular complexity index is 1060. The van der Waals surface area contributed by atoms with Crippen molar-refractivity contribution in [1.29, 1.82) is 0 Å². The Morgan fingerprint density at radius 3 is 2.45 bits per heavy atom. The molecular formula is C26H32N2O5. The molecule has 2 aromatic rings. The molecule has 0 saturated carbocycles.